The van der Waals surface area contributed by atoms with Gasteiger partial charge in [-0.3, -0.25) is 0 Å². The second kappa shape index (κ2) is 8.11. The van der Waals surface area contributed by atoms with E-state index in [4.69, 9.17) is 9.47 Å². The minimum atomic E-state index is 0.351. The van der Waals surface area contributed by atoms with Crippen molar-refractivity contribution in [2.45, 2.75) is 38.2 Å². The van der Waals surface area contributed by atoms with Crippen LogP contribution in [0.15, 0.2) is 18.2 Å². The highest BCUT2D eigenvalue weighted by atomic mass is 32.2. The number of hydrogen-bond donors (Lipinski definition) is 1. The summed E-state index contributed by atoms with van der Waals surface area (Å²) in [5, 5.41) is 3.49. The van der Waals surface area contributed by atoms with Crippen molar-refractivity contribution in [1.29, 1.82) is 0 Å². The Morgan fingerprint density at radius 2 is 2.05 bits per heavy atom. The highest BCUT2D eigenvalue weighted by molar-refractivity contribution is 7.99. The van der Waals surface area contributed by atoms with Crippen LogP contribution in [0.2, 0.25) is 0 Å². The van der Waals surface area contributed by atoms with Crippen molar-refractivity contribution in [3.05, 3.63) is 23.8 Å². The van der Waals surface area contributed by atoms with Gasteiger partial charge in [-0.2, -0.15) is 11.8 Å². The molecule has 0 aliphatic carbocycles. The van der Waals surface area contributed by atoms with Crippen LogP contribution >= 0.6 is 11.8 Å². The van der Waals surface area contributed by atoms with Crippen molar-refractivity contribution in [1.82, 2.24) is 5.32 Å². The predicted molar refractivity (Wildman–Crippen MR) is 93.3 cm³/mol. The van der Waals surface area contributed by atoms with Crippen LogP contribution in [0.1, 0.15) is 31.2 Å². The number of methoxy groups -OCH3 is 1. The summed E-state index contributed by atoms with van der Waals surface area (Å²) in [5.74, 6) is 4.96. The molecular formula is C18H27NO2S. The van der Waals surface area contributed by atoms with E-state index in [9.17, 15) is 0 Å². The van der Waals surface area contributed by atoms with Crippen molar-refractivity contribution in [3.8, 4) is 11.5 Å². The Hall–Kier alpha value is -0.870. The van der Waals surface area contributed by atoms with Gasteiger partial charge in [0.25, 0.3) is 0 Å². The molecule has 122 valence electrons. The molecule has 2 fully saturated rings. The van der Waals surface area contributed by atoms with Gasteiger partial charge in [-0.1, -0.05) is 6.07 Å². The molecule has 0 aromatic heterocycles. The lowest BCUT2D eigenvalue weighted by atomic mass is 9.92. The second-order valence-electron chi connectivity index (χ2n) is 6.33. The summed E-state index contributed by atoms with van der Waals surface area (Å²) in [6.45, 7) is 2.31. The van der Waals surface area contributed by atoms with Gasteiger partial charge >= 0.3 is 0 Å². The normalized spacial score (nSPS) is 23.2. The highest BCUT2D eigenvalue weighted by Crippen LogP contribution is 2.32. The van der Waals surface area contributed by atoms with Crippen LogP contribution in [0.4, 0.5) is 0 Å². The molecule has 22 heavy (non-hydrogen) atoms. The summed E-state index contributed by atoms with van der Waals surface area (Å²) in [6, 6.07) is 6.48. The van der Waals surface area contributed by atoms with Crippen molar-refractivity contribution >= 4 is 11.8 Å². The Bertz CT molecular complexity index is 468. The van der Waals surface area contributed by atoms with Crippen LogP contribution in [0.5, 0.6) is 11.5 Å². The number of ether oxygens (including phenoxy) is 2. The highest BCUT2D eigenvalue weighted by Gasteiger charge is 2.18. The second-order valence-corrected chi connectivity index (χ2v) is 7.56. The number of benzene rings is 1. The van der Waals surface area contributed by atoms with Crippen LogP contribution in [0, 0.1) is 5.92 Å². The zero-order valence-corrected chi connectivity index (χ0v) is 14.3. The molecule has 1 N–H and O–H groups in total. The van der Waals surface area contributed by atoms with Crippen LogP contribution < -0.4 is 14.8 Å². The minimum Gasteiger partial charge on any atom is -0.493 e. The maximum atomic E-state index is 6.17. The summed E-state index contributed by atoms with van der Waals surface area (Å²) in [5.41, 5.74) is 1.36. The smallest absolute Gasteiger partial charge is 0.161 e. The minimum absolute atomic E-state index is 0.351. The Morgan fingerprint density at radius 3 is 2.77 bits per heavy atom. The van der Waals surface area contributed by atoms with E-state index in [1.165, 1.54) is 36.5 Å². The maximum Gasteiger partial charge on any atom is 0.161 e. The molecule has 0 bridgehead atoms. The van der Waals surface area contributed by atoms with E-state index < -0.39 is 0 Å². The van der Waals surface area contributed by atoms with Gasteiger partial charge in [0, 0.05) is 0 Å². The third-order valence-electron chi connectivity index (χ3n) is 4.61. The maximum absolute atomic E-state index is 6.17. The number of hydrogen-bond acceptors (Lipinski definition) is 4. The summed E-state index contributed by atoms with van der Waals surface area (Å²) in [6.07, 6.45) is 6.38. The SMILES string of the molecule is COc1cc(CC2CCCNC2)ccc1OC1CCSCC1. The molecule has 0 radical (unpaired) electrons. The monoisotopic (exact) mass is 321 g/mol. The zero-order chi connectivity index (χ0) is 15.2. The molecule has 2 aliphatic heterocycles. The average Bonchev–Trinajstić information content (AvgIpc) is 2.58. The fraction of sp³-hybridized carbons (Fsp3) is 0.667. The van der Waals surface area contributed by atoms with Gasteiger partial charge in [0.05, 0.1) is 7.11 Å². The molecule has 3 nitrogen and oxygen atoms in total. The molecule has 4 heteroatoms. The Balaban J connectivity index is 1.64. The van der Waals surface area contributed by atoms with E-state index in [0.717, 1.165) is 43.2 Å². The van der Waals surface area contributed by atoms with E-state index in [1.54, 1.807) is 7.11 Å². The molecule has 0 saturated carbocycles. The first-order chi connectivity index (χ1) is 10.8. The van der Waals surface area contributed by atoms with Gasteiger partial charge < -0.3 is 14.8 Å². The third-order valence-corrected chi connectivity index (χ3v) is 5.66. The van der Waals surface area contributed by atoms with Gasteiger partial charge in [0.2, 0.25) is 0 Å². The standard InChI is InChI=1S/C18H27NO2S/c1-20-18-12-14(11-15-3-2-8-19-13-15)4-5-17(18)21-16-6-9-22-10-7-16/h4-5,12,15-16,19H,2-3,6-11,13H2,1H3. The molecule has 1 unspecified atom stereocenters. The molecule has 1 aromatic rings. The van der Waals surface area contributed by atoms with E-state index >= 15 is 0 Å². The first kappa shape index (κ1) is 16.0. The topological polar surface area (TPSA) is 30.5 Å². The molecule has 0 spiro atoms. The molecule has 1 atom stereocenters. The lowest BCUT2D eigenvalue weighted by Crippen LogP contribution is -2.30. The van der Waals surface area contributed by atoms with Gasteiger partial charge in [0.15, 0.2) is 11.5 Å². The van der Waals surface area contributed by atoms with Crippen LogP contribution in [0.3, 0.4) is 0 Å². The van der Waals surface area contributed by atoms with Crippen molar-refractivity contribution in [3.63, 3.8) is 0 Å². The van der Waals surface area contributed by atoms with Crippen molar-refractivity contribution in [2.75, 3.05) is 31.7 Å². The molecule has 2 heterocycles. The molecule has 2 aliphatic rings. The van der Waals surface area contributed by atoms with E-state index in [1.807, 2.05) is 11.8 Å². The fourth-order valence-electron chi connectivity index (χ4n) is 3.34. The summed E-state index contributed by atoms with van der Waals surface area (Å²) in [4.78, 5) is 0. The number of nitrogens with one attached hydrogen (secondary N) is 1. The summed E-state index contributed by atoms with van der Waals surface area (Å²) < 4.78 is 11.7. The largest absolute Gasteiger partial charge is 0.493 e. The first-order valence-corrected chi connectivity index (χ1v) is 9.62. The molecule has 0 amide bonds. The van der Waals surface area contributed by atoms with Crippen LogP contribution in [-0.4, -0.2) is 37.8 Å². The number of piperidine rings is 1. The van der Waals surface area contributed by atoms with Gasteiger partial charge in [-0.05, 0) is 80.3 Å². The zero-order valence-electron chi connectivity index (χ0n) is 13.5. The fourth-order valence-corrected chi connectivity index (χ4v) is 4.40. The summed E-state index contributed by atoms with van der Waals surface area (Å²) in [7, 11) is 1.74. The Kier molecular flexibility index (Phi) is 5.90. The summed E-state index contributed by atoms with van der Waals surface area (Å²) >= 11 is 2.02. The number of thioether (sulfide) groups is 1. The van der Waals surface area contributed by atoms with Gasteiger partial charge in [-0.25, -0.2) is 0 Å². The van der Waals surface area contributed by atoms with E-state index in [2.05, 4.69) is 23.5 Å². The molecule has 2 saturated heterocycles. The van der Waals surface area contributed by atoms with Crippen LogP contribution in [-0.2, 0) is 6.42 Å². The van der Waals surface area contributed by atoms with Gasteiger partial charge in [0.1, 0.15) is 6.10 Å². The first-order valence-electron chi connectivity index (χ1n) is 8.47. The van der Waals surface area contributed by atoms with Crippen LogP contribution in [0.25, 0.3) is 0 Å². The molecule has 3 rings (SSSR count). The van der Waals surface area contributed by atoms with Crippen molar-refractivity contribution in [2.24, 2.45) is 5.92 Å². The Morgan fingerprint density at radius 1 is 1.18 bits per heavy atom. The third kappa shape index (κ3) is 4.32. The molecule has 1 aromatic carbocycles. The predicted octanol–water partition coefficient (Wildman–Crippen LogP) is 3.51. The van der Waals surface area contributed by atoms with E-state index in [0.29, 0.717) is 6.10 Å². The quantitative estimate of drug-likeness (QED) is 0.899. The molecular weight excluding hydrogens is 294 g/mol. The van der Waals surface area contributed by atoms with E-state index in [-0.39, 0.29) is 0 Å². The average molecular weight is 321 g/mol. The lowest BCUT2D eigenvalue weighted by molar-refractivity contribution is 0.184. The lowest BCUT2D eigenvalue weighted by Gasteiger charge is -2.25. The van der Waals surface area contributed by atoms with Gasteiger partial charge in [-0.15, -0.1) is 0 Å². The number of rotatable bonds is 5. The Labute approximate surface area is 138 Å². The van der Waals surface area contributed by atoms with Crippen molar-refractivity contribution < 1.29 is 9.47 Å².